The van der Waals surface area contributed by atoms with E-state index in [0.29, 0.717) is 25.1 Å². The van der Waals surface area contributed by atoms with Gasteiger partial charge in [-0.3, -0.25) is 10.1 Å². The molecule has 24 heavy (non-hydrogen) atoms. The Hall–Kier alpha value is -1.86. The van der Waals surface area contributed by atoms with Crippen LogP contribution < -0.4 is 5.32 Å². The van der Waals surface area contributed by atoms with Crippen LogP contribution in [0.5, 0.6) is 0 Å². The third-order valence-corrected chi connectivity index (χ3v) is 5.55. The van der Waals surface area contributed by atoms with Crippen LogP contribution in [0.4, 0.5) is 5.13 Å². The van der Waals surface area contributed by atoms with Crippen molar-refractivity contribution in [3.8, 4) is 11.3 Å². The molecule has 3 heterocycles. The van der Waals surface area contributed by atoms with E-state index < -0.39 is 0 Å². The lowest BCUT2D eigenvalue weighted by molar-refractivity contribution is 0.0998. The fourth-order valence-corrected chi connectivity index (χ4v) is 4.41. The number of nitrogens with one attached hydrogen (secondary N) is 1. The summed E-state index contributed by atoms with van der Waals surface area (Å²) in [4.78, 5) is 16.7. The summed E-state index contributed by atoms with van der Waals surface area (Å²) in [6.45, 7) is 0. The van der Waals surface area contributed by atoms with Crippen LogP contribution in [-0.4, -0.2) is 10.9 Å². The number of para-hydroxylation sites is 1. The number of aromatic nitrogens is 1. The summed E-state index contributed by atoms with van der Waals surface area (Å²) in [5, 5.41) is 5.90. The average Bonchev–Trinajstić information content (AvgIpc) is 3.25. The van der Waals surface area contributed by atoms with Crippen LogP contribution in [-0.2, 0) is 0 Å². The Morgan fingerprint density at radius 1 is 1.21 bits per heavy atom. The number of nitrogens with zero attached hydrogens (tertiary/aromatic N) is 1. The predicted octanol–water partition coefficient (Wildman–Crippen LogP) is 6.18. The molecule has 0 aliphatic rings. The molecule has 0 spiro atoms. The molecule has 120 valence electrons. The lowest BCUT2D eigenvalue weighted by Crippen LogP contribution is -2.10. The zero-order chi connectivity index (χ0) is 16.7. The first kappa shape index (κ1) is 15.7. The number of hydrogen-bond acceptors (Lipinski definition) is 5. The largest absolute Gasteiger partial charge is 0.451 e. The van der Waals surface area contributed by atoms with E-state index in [-0.39, 0.29) is 11.7 Å². The van der Waals surface area contributed by atoms with E-state index in [1.165, 1.54) is 22.7 Å². The van der Waals surface area contributed by atoms with Crippen molar-refractivity contribution in [3.63, 3.8) is 0 Å². The number of rotatable bonds is 3. The van der Waals surface area contributed by atoms with Gasteiger partial charge in [0.2, 0.25) is 0 Å². The third-order valence-electron chi connectivity index (χ3n) is 3.31. The molecule has 0 saturated carbocycles. The molecule has 3 aromatic heterocycles. The average molecular weight is 395 g/mol. The lowest BCUT2D eigenvalue weighted by Gasteiger charge is -1.97. The summed E-state index contributed by atoms with van der Waals surface area (Å²) < 4.78 is 6.71. The number of thiophene rings is 1. The molecule has 0 saturated heterocycles. The van der Waals surface area contributed by atoms with E-state index >= 15 is 0 Å². The fourth-order valence-electron chi connectivity index (χ4n) is 2.22. The molecule has 0 unspecified atom stereocenters. The van der Waals surface area contributed by atoms with Crippen LogP contribution in [0, 0.1) is 0 Å². The van der Waals surface area contributed by atoms with Gasteiger partial charge in [0.05, 0.1) is 10.0 Å². The summed E-state index contributed by atoms with van der Waals surface area (Å²) in [5.74, 6) is -0.105. The van der Waals surface area contributed by atoms with Gasteiger partial charge in [0.25, 0.3) is 5.91 Å². The second-order valence-corrected chi connectivity index (χ2v) is 8.02. The molecular formula is C16H8Cl2N2O2S2. The highest BCUT2D eigenvalue weighted by molar-refractivity contribution is 7.20. The highest BCUT2D eigenvalue weighted by Crippen LogP contribution is 2.39. The Morgan fingerprint density at radius 3 is 2.79 bits per heavy atom. The van der Waals surface area contributed by atoms with Gasteiger partial charge in [0.1, 0.15) is 9.92 Å². The van der Waals surface area contributed by atoms with Crippen molar-refractivity contribution in [2.45, 2.75) is 0 Å². The quantitative estimate of drug-likeness (QED) is 0.451. The van der Waals surface area contributed by atoms with Crippen molar-refractivity contribution < 1.29 is 9.21 Å². The molecule has 4 aromatic rings. The topological polar surface area (TPSA) is 55.1 Å². The molecule has 0 fully saturated rings. The van der Waals surface area contributed by atoms with Crippen LogP contribution in [0.25, 0.3) is 22.2 Å². The van der Waals surface area contributed by atoms with Crippen molar-refractivity contribution in [1.29, 1.82) is 0 Å². The van der Waals surface area contributed by atoms with Gasteiger partial charge in [-0.1, -0.05) is 41.4 Å². The standard InChI is InChI=1S/C16H8Cl2N2O2S2/c17-13-6-9(14(18)24-13)10-7-23-16(19-10)20-15(21)12-5-8-3-1-2-4-11(8)22-12/h1-7H,(H,19,20,21). The van der Waals surface area contributed by atoms with E-state index in [4.69, 9.17) is 27.6 Å². The normalized spacial score (nSPS) is 11.1. The Balaban J connectivity index is 1.57. The molecule has 1 N–H and O–H groups in total. The van der Waals surface area contributed by atoms with E-state index in [1.807, 2.05) is 29.6 Å². The molecule has 0 atom stereocenters. The number of anilines is 1. The van der Waals surface area contributed by atoms with Gasteiger partial charge in [-0.25, -0.2) is 4.98 Å². The van der Waals surface area contributed by atoms with Gasteiger partial charge in [0.15, 0.2) is 10.9 Å². The number of furan rings is 1. The third kappa shape index (κ3) is 2.93. The van der Waals surface area contributed by atoms with Gasteiger partial charge in [-0.05, 0) is 18.2 Å². The minimum atomic E-state index is -0.346. The maximum absolute atomic E-state index is 12.3. The molecule has 0 aliphatic carbocycles. The number of halogens is 2. The second kappa shape index (κ2) is 6.22. The van der Waals surface area contributed by atoms with Crippen molar-refractivity contribution in [3.05, 3.63) is 56.2 Å². The van der Waals surface area contributed by atoms with Crippen LogP contribution in [0.3, 0.4) is 0 Å². The van der Waals surface area contributed by atoms with Crippen LogP contribution in [0.1, 0.15) is 10.6 Å². The minimum Gasteiger partial charge on any atom is -0.451 e. The summed E-state index contributed by atoms with van der Waals surface area (Å²) >= 11 is 14.7. The predicted molar refractivity (Wildman–Crippen MR) is 99.6 cm³/mol. The summed E-state index contributed by atoms with van der Waals surface area (Å²) in [5.41, 5.74) is 2.10. The smallest absolute Gasteiger partial charge is 0.293 e. The Labute approximate surface area is 154 Å². The van der Waals surface area contributed by atoms with E-state index in [1.54, 1.807) is 12.1 Å². The van der Waals surface area contributed by atoms with Crippen molar-refractivity contribution in [2.75, 3.05) is 5.32 Å². The number of fused-ring (bicyclic) bond motifs is 1. The first-order valence-corrected chi connectivity index (χ1v) is 9.26. The van der Waals surface area contributed by atoms with Crippen molar-refractivity contribution in [2.24, 2.45) is 0 Å². The summed E-state index contributed by atoms with van der Waals surface area (Å²) in [6.07, 6.45) is 0. The highest BCUT2D eigenvalue weighted by Gasteiger charge is 2.16. The van der Waals surface area contributed by atoms with Crippen LogP contribution >= 0.6 is 45.9 Å². The Morgan fingerprint density at radius 2 is 2.04 bits per heavy atom. The van der Waals surface area contributed by atoms with Gasteiger partial charge in [0, 0.05) is 16.3 Å². The molecule has 1 amide bonds. The maximum atomic E-state index is 12.3. The van der Waals surface area contributed by atoms with Crippen molar-refractivity contribution >= 4 is 67.9 Å². The molecule has 8 heteroatoms. The molecule has 4 rings (SSSR count). The lowest BCUT2D eigenvalue weighted by atomic mass is 10.2. The number of benzene rings is 1. The highest BCUT2D eigenvalue weighted by atomic mass is 35.5. The molecule has 0 bridgehead atoms. The Kier molecular flexibility index (Phi) is 4.05. The summed E-state index contributed by atoms with van der Waals surface area (Å²) in [6, 6.07) is 10.9. The van der Waals surface area contributed by atoms with Gasteiger partial charge in [-0.15, -0.1) is 22.7 Å². The number of carbonyl (C=O) groups excluding carboxylic acids is 1. The van der Waals surface area contributed by atoms with E-state index in [9.17, 15) is 4.79 Å². The van der Waals surface area contributed by atoms with Gasteiger partial charge in [-0.2, -0.15) is 0 Å². The number of thiazole rings is 1. The first-order chi connectivity index (χ1) is 11.6. The fraction of sp³-hybridized carbons (Fsp3) is 0. The van der Waals surface area contributed by atoms with Crippen LogP contribution in [0.15, 0.2) is 46.2 Å². The minimum absolute atomic E-state index is 0.240. The number of carbonyl (C=O) groups is 1. The second-order valence-electron chi connectivity index (χ2n) is 4.88. The maximum Gasteiger partial charge on any atom is 0.293 e. The monoisotopic (exact) mass is 394 g/mol. The number of hydrogen-bond donors (Lipinski definition) is 1. The van der Waals surface area contributed by atoms with E-state index in [0.717, 1.165) is 10.9 Å². The molecular weight excluding hydrogens is 387 g/mol. The molecule has 0 radical (unpaired) electrons. The zero-order valence-electron chi connectivity index (χ0n) is 11.9. The Bertz CT molecular complexity index is 1020. The first-order valence-electron chi connectivity index (χ1n) is 6.81. The van der Waals surface area contributed by atoms with Gasteiger partial charge < -0.3 is 4.42 Å². The van der Waals surface area contributed by atoms with E-state index in [2.05, 4.69) is 10.3 Å². The zero-order valence-corrected chi connectivity index (χ0v) is 15.0. The van der Waals surface area contributed by atoms with Gasteiger partial charge >= 0.3 is 0 Å². The van der Waals surface area contributed by atoms with Crippen molar-refractivity contribution in [1.82, 2.24) is 4.98 Å². The molecule has 4 nitrogen and oxygen atoms in total. The molecule has 0 aliphatic heterocycles. The summed E-state index contributed by atoms with van der Waals surface area (Å²) in [7, 11) is 0. The van der Waals surface area contributed by atoms with Crippen LogP contribution in [0.2, 0.25) is 8.67 Å². The molecule has 1 aromatic carbocycles. The number of amides is 1. The SMILES string of the molecule is O=C(Nc1nc(-c2cc(Cl)sc2Cl)cs1)c1cc2ccccc2o1.